The first kappa shape index (κ1) is 9.20. The quantitative estimate of drug-likeness (QED) is 0.725. The number of hydrogen-bond donors (Lipinski definition) is 1. The maximum Gasteiger partial charge on any atom is 0.0934 e. The van der Waals surface area contributed by atoms with E-state index in [0.29, 0.717) is 13.0 Å². The molecule has 0 aromatic heterocycles. The first-order chi connectivity index (χ1) is 5.86. The lowest BCUT2D eigenvalue weighted by Crippen LogP contribution is -2.02. The lowest BCUT2D eigenvalue weighted by molar-refractivity contribution is 0.495. The molecule has 0 radical (unpaired) electrons. The maximum absolute atomic E-state index is 12.0. The lowest BCUT2D eigenvalue weighted by atomic mass is 10.1. The van der Waals surface area contributed by atoms with Gasteiger partial charge in [-0.1, -0.05) is 24.3 Å². The van der Waals surface area contributed by atoms with Gasteiger partial charge in [0.1, 0.15) is 0 Å². The van der Waals surface area contributed by atoms with Crippen molar-refractivity contribution < 1.29 is 4.39 Å². The molecule has 0 bridgehead atoms. The Balaban J connectivity index is 2.67. The van der Waals surface area contributed by atoms with Gasteiger partial charge in [-0.05, 0) is 24.1 Å². The minimum absolute atomic E-state index is 0.286. The first-order valence-corrected chi connectivity index (χ1v) is 4.20. The Labute approximate surface area is 72.4 Å². The summed E-state index contributed by atoms with van der Waals surface area (Å²) in [5.41, 5.74) is 7.67. The highest BCUT2D eigenvalue weighted by atomic mass is 19.1. The van der Waals surface area contributed by atoms with Crippen molar-refractivity contribution in [2.24, 2.45) is 5.73 Å². The van der Waals surface area contributed by atoms with E-state index in [4.69, 9.17) is 5.73 Å². The van der Waals surface area contributed by atoms with Gasteiger partial charge in [-0.3, -0.25) is 4.39 Å². The fraction of sp³-hybridized carbons (Fsp3) is 0.400. The molecule has 12 heavy (non-hydrogen) atoms. The van der Waals surface area contributed by atoms with Crippen molar-refractivity contribution in [2.45, 2.75) is 12.8 Å². The lowest BCUT2D eigenvalue weighted by Gasteiger charge is -2.01. The van der Waals surface area contributed by atoms with Crippen LogP contribution in [0.3, 0.4) is 0 Å². The predicted molar refractivity (Wildman–Crippen MR) is 48.9 cm³/mol. The minimum atomic E-state index is -0.286. The molecule has 1 aromatic carbocycles. The molecule has 1 nitrogen and oxygen atoms in total. The summed E-state index contributed by atoms with van der Waals surface area (Å²) in [5.74, 6) is 0. The zero-order valence-corrected chi connectivity index (χ0v) is 7.09. The van der Waals surface area contributed by atoms with E-state index in [-0.39, 0.29) is 6.67 Å². The number of rotatable bonds is 4. The average molecular weight is 167 g/mol. The molecule has 2 N–H and O–H groups in total. The van der Waals surface area contributed by atoms with Crippen LogP contribution in [0.15, 0.2) is 24.3 Å². The van der Waals surface area contributed by atoms with Gasteiger partial charge in [0.25, 0.3) is 0 Å². The molecule has 0 aliphatic heterocycles. The van der Waals surface area contributed by atoms with Gasteiger partial charge in [0.15, 0.2) is 0 Å². The van der Waals surface area contributed by atoms with Crippen LogP contribution in [0, 0.1) is 0 Å². The molecule has 0 unspecified atom stereocenters. The minimum Gasteiger partial charge on any atom is -0.330 e. The smallest absolute Gasteiger partial charge is 0.0934 e. The third kappa shape index (κ3) is 2.62. The third-order valence-corrected chi connectivity index (χ3v) is 1.81. The average Bonchev–Trinajstić information content (AvgIpc) is 2.06. The summed E-state index contributed by atoms with van der Waals surface area (Å²) in [5, 5.41) is 0. The van der Waals surface area contributed by atoms with E-state index in [1.54, 1.807) is 0 Å². The highest BCUT2D eigenvalue weighted by molar-refractivity contribution is 5.23. The molecule has 66 valence electrons. The van der Waals surface area contributed by atoms with Gasteiger partial charge < -0.3 is 5.73 Å². The molecule has 0 saturated carbocycles. The highest BCUT2D eigenvalue weighted by Gasteiger charge is 1.94. The second kappa shape index (κ2) is 4.88. The summed E-state index contributed by atoms with van der Waals surface area (Å²) in [6.45, 7) is 0.366. The van der Waals surface area contributed by atoms with Crippen molar-refractivity contribution in [3.05, 3.63) is 35.4 Å². The van der Waals surface area contributed by atoms with Gasteiger partial charge in [0, 0.05) is 6.42 Å². The molecule has 0 fully saturated rings. The van der Waals surface area contributed by atoms with Crippen molar-refractivity contribution in [2.75, 3.05) is 13.2 Å². The van der Waals surface area contributed by atoms with Crippen molar-refractivity contribution >= 4 is 0 Å². The van der Waals surface area contributed by atoms with Crippen LogP contribution in [0.2, 0.25) is 0 Å². The van der Waals surface area contributed by atoms with E-state index in [9.17, 15) is 4.39 Å². The molecule has 0 aliphatic carbocycles. The predicted octanol–water partition coefficient (Wildman–Crippen LogP) is 1.70. The first-order valence-electron chi connectivity index (χ1n) is 4.20. The number of aryl methyl sites for hydroxylation is 1. The van der Waals surface area contributed by atoms with Crippen LogP contribution >= 0.6 is 0 Å². The molecule has 0 saturated heterocycles. The van der Waals surface area contributed by atoms with Crippen molar-refractivity contribution in [1.82, 2.24) is 0 Å². The van der Waals surface area contributed by atoms with Gasteiger partial charge in [-0.15, -0.1) is 0 Å². The molecule has 1 aromatic rings. The van der Waals surface area contributed by atoms with E-state index in [2.05, 4.69) is 0 Å². The van der Waals surface area contributed by atoms with Crippen LogP contribution < -0.4 is 5.73 Å². The van der Waals surface area contributed by atoms with Crippen molar-refractivity contribution in [3.63, 3.8) is 0 Å². The zero-order chi connectivity index (χ0) is 8.81. The molecule has 2 heteroatoms. The van der Waals surface area contributed by atoms with Crippen molar-refractivity contribution in [3.8, 4) is 0 Å². The zero-order valence-electron chi connectivity index (χ0n) is 7.09. The van der Waals surface area contributed by atoms with Crippen LogP contribution in [0.1, 0.15) is 11.1 Å². The Morgan fingerprint density at radius 1 is 1.17 bits per heavy atom. The maximum atomic E-state index is 12.0. The van der Waals surface area contributed by atoms with Gasteiger partial charge in [0.2, 0.25) is 0 Å². The fourth-order valence-electron chi connectivity index (χ4n) is 1.22. The number of hydrogen-bond acceptors (Lipinski definition) is 1. The third-order valence-electron chi connectivity index (χ3n) is 1.81. The molecular formula is C10H14FN. The largest absolute Gasteiger partial charge is 0.330 e. The summed E-state index contributed by atoms with van der Waals surface area (Å²) >= 11 is 0. The molecule has 0 amide bonds. The summed E-state index contributed by atoms with van der Waals surface area (Å²) in [6.07, 6.45) is 1.39. The van der Waals surface area contributed by atoms with Crippen LogP contribution in [0.25, 0.3) is 0 Å². The van der Waals surface area contributed by atoms with E-state index >= 15 is 0 Å². The SMILES string of the molecule is NCCc1cccc(CCF)c1. The van der Waals surface area contributed by atoms with Crippen LogP contribution in [0.5, 0.6) is 0 Å². The number of alkyl halides is 1. The normalized spacial score (nSPS) is 10.2. The summed E-state index contributed by atoms with van der Waals surface area (Å²) in [6, 6.07) is 7.94. The van der Waals surface area contributed by atoms with Crippen molar-refractivity contribution in [1.29, 1.82) is 0 Å². The van der Waals surface area contributed by atoms with E-state index in [1.807, 2.05) is 24.3 Å². The number of halogens is 1. The second-order valence-corrected chi connectivity index (χ2v) is 2.80. The van der Waals surface area contributed by atoms with Gasteiger partial charge in [0.05, 0.1) is 6.67 Å². The van der Waals surface area contributed by atoms with E-state index in [1.165, 1.54) is 5.56 Å². The topological polar surface area (TPSA) is 26.0 Å². The molecule has 0 spiro atoms. The van der Waals surface area contributed by atoms with Gasteiger partial charge >= 0.3 is 0 Å². The molecule has 1 rings (SSSR count). The Bertz CT molecular complexity index is 214. The van der Waals surface area contributed by atoms with E-state index < -0.39 is 0 Å². The number of benzene rings is 1. The fourth-order valence-corrected chi connectivity index (χ4v) is 1.22. The van der Waals surface area contributed by atoms with Gasteiger partial charge in [-0.25, -0.2) is 0 Å². The van der Waals surface area contributed by atoms with Gasteiger partial charge in [-0.2, -0.15) is 0 Å². The van der Waals surface area contributed by atoms with Crippen LogP contribution in [-0.4, -0.2) is 13.2 Å². The Morgan fingerprint density at radius 2 is 1.83 bits per heavy atom. The van der Waals surface area contributed by atoms with Crippen LogP contribution in [-0.2, 0) is 12.8 Å². The molecule has 0 atom stereocenters. The van der Waals surface area contributed by atoms with Crippen LogP contribution in [0.4, 0.5) is 4.39 Å². The molecular weight excluding hydrogens is 153 g/mol. The Morgan fingerprint density at radius 3 is 2.42 bits per heavy atom. The molecule has 0 aliphatic rings. The Hall–Kier alpha value is -0.890. The van der Waals surface area contributed by atoms with E-state index in [0.717, 1.165) is 12.0 Å². The number of nitrogens with two attached hydrogens (primary N) is 1. The second-order valence-electron chi connectivity index (χ2n) is 2.80. The highest BCUT2D eigenvalue weighted by Crippen LogP contribution is 2.06. The Kier molecular flexibility index (Phi) is 3.74. The summed E-state index contributed by atoms with van der Waals surface area (Å²) in [7, 11) is 0. The summed E-state index contributed by atoms with van der Waals surface area (Å²) < 4.78 is 12.0. The summed E-state index contributed by atoms with van der Waals surface area (Å²) in [4.78, 5) is 0. The standard InChI is InChI=1S/C10H14FN/c11-6-4-9-2-1-3-10(8-9)5-7-12/h1-3,8H,4-7,12H2. The monoisotopic (exact) mass is 167 g/mol. The molecule has 0 heterocycles.